The maximum absolute atomic E-state index is 11.4. The number of methoxy groups -OCH3 is 1. The first-order chi connectivity index (χ1) is 6.65. The topological polar surface area (TPSA) is 70.1 Å². The van der Waals surface area contributed by atoms with Gasteiger partial charge in [-0.3, -0.25) is 4.68 Å². The molecule has 0 radical (unpaired) electrons. The second kappa shape index (κ2) is 3.09. The van der Waals surface area contributed by atoms with E-state index in [1.807, 2.05) is 7.05 Å². The summed E-state index contributed by atoms with van der Waals surface area (Å²) in [6.45, 7) is 0. The second-order valence-corrected chi connectivity index (χ2v) is 3.56. The van der Waals surface area contributed by atoms with Gasteiger partial charge in [-0.05, 0) is 6.42 Å². The molecule has 0 amide bonds. The van der Waals surface area contributed by atoms with E-state index in [2.05, 4.69) is 9.84 Å². The summed E-state index contributed by atoms with van der Waals surface area (Å²) in [6, 6.07) is 0.161. The molecule has 14 heavy (non-hydrogen) atoms. The Bertz CT molecular complexity index is 372. The first kappa shape index (κ1) is 9.21. The number of nitrogens with zero attached hydrogens (tertiary/aromatic N) is 2. The minimum atomic E-state index is -0.341. The van der Waals surface area contributed by atoms with Gasteiger partial charge < -0.3 is 10.5 Å². The van der Waals surface area contributed by atoms with Gasteiger partial charge >= 0.3 is 5.97 Å². The zero-order valence-corrected chi connectivity index (χ0v) is 8.23. The molecule has 0 saturated heterocycles. The third-order valence-electron chi connectivity index (χ3n) is 2.58. The molecule has 0 unspecified atom stereocenters. The molecule has 1 fully saturated rings. The lowest BCUT2D eigenvalue weighted by Gasteiger charge is -2.02. The van der Waals surface area contributed by atoms with Crippen LogP contribution in [0.15, 0.2) is 6.20 Å². The molecule has 2 atom stereocenters. The van der Waals surface area contributed by atoms with Crippen molar-refractivity contribution in [3.05, 3.63) is 17.5 Å². The van der Waals surface area contributed by atoms with Gasteiger partial charge in [-0.1, -0.05) is 0 Å². The van der Waals surface area contributed by atoms with Gasteiger partial charge in [0.05, 0.1) is 19.0 Å². The lowest BCUT2D eigenvalue weighted by molar-refractivity contribution is 0.0599. The minimum Gasteiger partial charge on any atom is -0.465 e. The van der Waals surface area contributed by atoms with E-state index in [1.54, 1.807) is 4.68 Å². The molecule has 1 aliphatic rings. The van der Waals surface area contributed by atoms with Crippen molar-refractivity contribution in [1.29, 1.82) is 0 Å². The van der Waals surface area contributed by atoms with Crippen LogP contribution in [0.4, 0.5) is 0 Å². The number of rotatable bonds is 2. The number of carbonyl (C=O) groups excluding carboxylic acids is 1. The standard InChI is InChI=1S/C9H13N3O2/c1-12-8(5-3-7(5)10)6(4-11-12)9(13)14-2/h4-5,7H,3,10H2,1-2H3/t5-,7-/m1/s1. The van der Waals surface area contributed by atoms with Gasteiger partial charge in [0, 0.05) is 19.0 Å². The van der Waals surface area contributed by atoms with E-state index in [0.717, 1.165) is 12.1 Å². The summed E-state index contributed by atoms with van der Waals surface area (Å²) in [4.78, 5) is 11.4. The molecule has 76 valence electrons. The van der Waals surface area contributed by atoms with E-state index in [-0.39, 0.29) is 17.9 Å². The first-order valence-corrected chi connectivity index (χ1v) is 4.51. The molecule has 0 bridgehead atoms. The number of aryl methyl sites for hydroxylation is 1. The second-order valence-electron chi connectivity index (χ2n) is 3.56. The van der Waals surface area contributed by atoms with Crippen molar-refractivity contribution in [3.63, 3.8) is 0 Å². The van der Waals surface area contributed by atoms with Crippen molar-refractivity contribution in [3.8, 4) is 0 Å². The summed E-state index contributed by atoms with van der Waals surface area (Å²) in [5, 5.41) is 4.04. The van der Waals surface area contributed by atoms with Crippen LogP contribution < -0.4 is 5.73 Å². The fraction of sp³-hybridized carbons (Fsp3) is 0.556. The average Bonchev–Trinajstić information content (AvgIpc) is 2.74. The summed E-state index contributed by atoms with van der Waals surface area (Å²) < 4.78 is 6.37. The quantitative estimate of drug-likeness (QED) is 0.675. The third kappa shape index (κ3) is 1.29. The predicted octanol–water partition coefficient (Wildman–Crippen LogP) is 0.0213. The highest BCUT2D eigenvalue weighted by molar-refractivity contribution is 5.90. The normalized spacial score (nSPS) is 24.8. The Kier molecular flexibility index (Phi) is 2.03. The van der Waals surface area contributed by atoms with Gasteiger partial charge in [-0.25, -0.2) is 4.79 Å². The van der Waals surface area contributed by atoms with E-state index in [0.29, 0.717) is 5.56 Å². The van der Waals surface area contributed by atoms with Gasteiger partial charge in [0.1, 0.15) is 5.56 Å². The average molecular weight is 195 g/mol. The monoisotopic (exact) mass is 195 g/mol. The lowest BCUT2D eigenvalue weighted by Crippen LogP contribution is -2.10. The Balaban J connectivity index is 2.36. The Labute approximate surface area is 81.8 Å². The van der Waals surface area contributed by atoms with Gasteiger partial charge in [-0.15, -0.1) is 0 Å². The zero-order chi connectivity index (χ0) is 10.3. The Hall–Kier alpha value is -1.36. The fourth-order valence-electron chi connectivity index (χ4n) is 1.68. The minimum absolute atomic E-state index is 0.161. The van der Waals surface area contributed by atoms with Crippen molar-refractivity contribution in [2.45, 2.75) is 18.4 Å². The summed E-state index contributed by atoms with van der Waals surface area (Å²) in [7, 11) is 3.18. The zero-order valence-electron chi connectivity index (χ0n) is 8.23. The Morgan fingerprint density at radius 2 is 2.43 bits per heavy atom. The van der Waals surface area contributed by atoms with Gasteiger partial charge in [-0.2, -0.15) is 5.10 Å². The maximum Gasteiger partial charge on any atom is 0.341 e. The van der Waals surface area contributed by atoms with E-state index in [9.17, 15) is 4.79 Å². The van der Waals surface area contributed by atoms with Crippen molar-refractivity contribution >= 4 is 5.97 Å². The van der Waals surface area contributed by atoms with E-state index < -0.39 is 0 Å². The molecule has 5 nitrogen and oxygen atoms in total. The number of hydrogen-bond donors (Lipinski definition) is 1. The van der Waals surface area contributed by atoms with E-state index in [4.69, 9.17) is 5.73 Å². The Morgan fingerprint density at radius 1 is 1.79 bits per heavy atom. The van der Waals surface area contributed by atoms with Gasteiger partial charge in [0.25, 0.3) is 0 Å². The molecule has 0 aromatic carbocycles. The van der Waals surface area contributed by atoms with Crippen LogP contribution in [0.5, 0.6) is 0 Å². The molecule has 2 N–H and O–H groups in total. The lowest BCUT2D eigenvalue weighted by atomic mass is 10.2. The number of nitrogens with two attached hydrogens (primary N) is 1. The summed E-state index contributed by atoms with van der Waals surface area (Å²) in [5.41, 5.74) is 7.17. The van der Waals surface area contributed by atoms with E-state index in [1.165, 1.54) is 13.3 Å². The van der Waals surface area contributed by atoms with Crippen molar-refractivity contribution in [1.82, 2.24) is 9.78 Å². The molecule has 0 spiro atoms. The molecule has 2 rings (SSSR count). The SMILES string of the molecule is COC(=O)c1cnn(C)c1[C@@H]1C[C@H]1N. The van der Waals surface area contributed by atoms with E-state index >= 15 is 0 Å². The number of hydrogen-bond acceptors (Lipinski definition) is 4. The maximum atomic E-state index is 11.4. The van der Waals surface area contributed by atoms with Crippen LogP contribution in [0.1, 0.15) is 28.4 Å². The largest absolute Gasteiger partial charge is 0.465 e. The molecule has 1 heterocycles. The summed E-state index contributed by atoms with van der Waals surface area (Å²) in [5.74, 6) is -0.0798. The summed E-state index contributed by atoms with van der Waals surface area (Å²) >= 11 is 0. The molecular weight excluding hydrogens is 182 g/mol. The van der Waals surface area contributed by atoms with Crippen LogP contribution in [0, 0.1) is 0 Å². The molecule has 5 heteroatoms. The first-order valence-electron chi connectivity index (χ1n) is 4.51. The molecule has 1 saturated carbocycles. The van der Waals surface area contributed by atoms with Gasteiger partial charge in [0.2, 0.25) is 0 Å². The molecular formula is C9H13N3O2. The van der Waals surface area contributed by atoms with Crippen molar-refractivity contribution < 1.29 is 9.53 Å². The highest BCUT2D eigenvalue weighted by Crippen LogP contribution is 2.40. The molecule has 0 aliphatic heterocycles. The van der Waals surface area contributed by atoms with Crippen LogP contribution in [0.2, 0.25) is 0 Å². The number of carbonyl (C=O) groups is 1. The van der Waals surface area contributed by atoms with Crippen LogP contribution in [-0.4, -0.2) is 28.9 Å². The smallest absolute Gasteiger partial charge is 0.341 e. The van der Waals surface area contributed by atoms with Crippen LogP contribution in [-0.2, 0) is 11.8 Å². The van der Waals surface area contributed by atoms with Gasteiger partial charge in [0.15, 0.2) is 0 Å². The molecule has 1 aromatic heterocycles. The highest BCUT2D eigenvalue weighted by Gasteiger charge is 2.40. The molecule has 1 aromatic rings. The fourth-order valence-corrected chi connectivity index (χ4v) is 1.68. The highest BCUT2D eigenvalue weighted by atomic mass is 16.5. The van der Waals surface area contributed by atoms with Crippen molar-refractivity contribution in [2.75, 3.05) is 7.11 Å². The van der Waals surface area contributed by atoms with Crippen LogP contribution in [0.3, 0.4) is 0 Å². The predicted molar refractivity (Wildman–Crippen MR) is 49.9 cm³/mol. The van der Waals surface area contributed by atoms with Crippen molar-refractivity contribution in [2.24, 2.45) is 12.8 Å². The number of ether oxygens (including phenoxy) is 1. The Morgan fingerprint density at radius 3 is 2.93 bits per heavy atom. The van der Waals surface area contributed by atoms with Crippen LogP contribution >= 0.6 is 0 Å². The molecule has 1 aliphatic carbocycles. The number of aromatic nitrogens is 2. The summed E-state index contributed by atoms with van der Waals surface area (Å²) in [6.07, 6.45) is 2.45. The third-order valence-corrected chi connectivity index (χ3v) is 2.58. The number of esters is 1. The van der Waals surface area contributed by atoms with Crippen LogP contribution in [0.25, 0.3) is 0 Å².